The summed E-state index contributed by atoms with van der Waals surface area (Å²) in [4.78, 5) is 10.8. The van der Waals surface area contributed by atoms with Gasteiger partial charge in [0.15, 0.2) is 0 Å². The van der Waals surface area contributed by atoms with Gasteiger partial charge in [-0.3, -0.25) is 0 Å². The molecule has 0 aliphatic carbocycles. The summed E-state index contributed by atoms with van der Waals surface area (Å²) in [5, 5.41) is 8.89. The maximum absolute atomic E-state index is 12.2. The highest BCUT2D eigenvalue weighted by Crippen LogP contribution is 2.14. The Labute approximate surface area is 120 Å². The monoisotopic (exact) mass is 299 g/mol. The third-order valence-electron chi connectivity index (χ3n) is 2.92. The first-order valence-electron chi connectivity index (χ1n) is 6.58. The van der Waals surface area contributed by atoms with E-state index >= 15 is 0 Å². The lowest BCUT2D eigenvalue weighted by atomic mass is 10.1. The molecule has 0 bridgehead atoms. The molecule has 1 rings (SSSR count). The standard InChI is InChI=1S/C14H21NO4S/c1-10(2)7-8-11(3)15-20(18,19)13-6-4-5-12(9-13)14(16)17/h4-6,9-11,15H,7-8H2,1-3H3,(H,16,17). The molecule has 20 heavy (non-hydrogen) atoms. The summed E-state index contributed by atoms with van der Waals surface area (Å²) in [7, 11) is -3.68. The first-order chi connectivity index (χ1) is 9.22. The smallest absolute Gasteiger partial charge is 0.335 e. The van der Waals surface area contributed by atoms with E-state index in [0.29, 0.717) is 5.92 Å². The van der Waals surface area contributed by atoms with E-state index in [1.807, 2.05) is 0 Å². The number of carboxylic acids is 1. The molecule has 0 fully saturated rings. The number of sulfonamides is 1. The van der Waals surface area contributed by atoms with Crippen LogP contribution in [0.1, 0.15) is 44.0 Å². The van der Waals surface area contributed by atoms with Gasteiger partial charge in [-0.15, -0.1) is 0 Å². The van der Waals surface area contributed by atoms with Crippen molar-refractivity contribution in [2.24, 2.45) is 5.92 Å². The van der Waals surface area contributed by atoms with Crippen LogP contribution >= 0.6 is 0 Å². The Hall–Kier alpha value is -1.40. The van der Waals surface area contributed by atoms with Crippen LogP contribution in [0, 0.1) is 5.92 Å². The van der Waals surface area contributed by atoms with Crippen LogP contribution in [0.2, 0.25) is 0 Å². The average molecular weight is 299 g/mol. The Morgan fingerprint density at radius 2 is 1.90 bits per heavy atom. The van der Waals surface area contributed by atoms with E-state index < -0.39 is 16.0 Å². The molecular weight excluding hydrogens is 278 g/mol. The molecule has 0 radical (unpaired) electrons. The van der Waals surface area contributed by atoms with Crippen molar-refractivity contribution in [3.05, 3.63) is 29.8 Å². The van der Waals surface area contributed by atoms with Crippen LogP contribution in [-0.4, -0.2) is 25.5 Å². The number of aromatic carboxylic acids is 1. The zero-order valence-corrected chi connectivity index (χ0v) is 12.8. The summed E-state index contributed by atoms with van der Waals surface area (Å²) in [5.74, 6) is -0.632. The zero-order valence-electron chi connectivity index (χ0n) is 12.0. The summed E-state index contributed by atoms with van der Waals surface area (Å²) in [5.41, 5.74) is -0.0392. The van der Waals surface area contributed by atoms with Gasteiger partial charge in [0.25, 0.3) is 0 Å². The van der Waals surface area contributed by atoms with Gasteiger partial charge in [0.05, 0.1) is 10.5 Å². The second-order valence-electron chi connectivity index (χ2n) is 5.33. The van der Waals surface area contributed by atoms with Crippen LogP contribution in [-0.2, 0) is 10.0 Å². The number of hydrogen-bond acceptors (Lipinski definition) is 3. The highest BCUT2D eigenvalue weighted by atomic mass is 32.2. The lowest BCUT2D eigenvalue weighted by Gasteiger charge is -2.15. The fourth-order valence-corrected chi connectivity index (χ4v) is 3.09. The molecule has 112 valence electrons. The summed E-state index contributed by atoms with van der Waals surface area (Å²) in [6, 6.07) is 5.17. The number of benzene rings is 1. The van der Waals surface area contributed by atoms with E-state index in [0.717, 1.165) is 12.8 Å². The average Bonchev–Trinajstić information content (AvgIpc) is 2.36. The van der Waals surface area contributed by atoms with Crippen molar-refractivity contribution in [1.82, 2.24) is 4.72 Å². The van der Waals surface area contributed by atoms with Gasteiger partial charge in [-0.2, -0.15) is 0 Å². The van der Waals surface area contributed by atoms with Crippen LogP contribution in [0.5, 0.6) is 0 Å². The highest BCUT2D eigenvalue weighted by molar-refractivity contribution is 7.89. The minimum atomic E-state index is -3.68. The van der Waals surface area contributed by atoms with Gasteiger partial charge in [0.1, 0.15) is 0 Å². The summed E-state index contributed by atoms with van der Waals surface area (Å²) < 4.78 is 26.9. The molecule has 2 N–H and O–H groups in total. The molecule has 0 amide bonds. The van der Waals surface area contributed by atoms with Crippen molar-refractivity contribution >= 4 is 16.0 Å². The molecule has 0 aliphatic heterocycles. The molecule has 0 saturated carbocycles. The van der Waals surface area contributed by atoms with Gasteiger partial charge < -0.3 is 5.11 Å². The number of nitrogens with one attached hydrogen (secondary N) is 1. The number of carboxylic acid groups (broad SMARTS) is 1. The van der Waals surface area contributed by atoms with E-state index in [1.165, 1.54) is 24.3 Å². The van der Waals surface area contributed by atoms with E-state index in [4.69, 9.17) is 5.11 Å². The van der Waals surface area contributed by atoms with Crippen LogP contribution in [0.25, 0.3) is 0 Å². The van der Waals surface area contributed by atoms with Crippen LogP contribution in [0.15, 0.2) is 29.2 Å². The van der Waals surface area contributed by atoms with Gasteiger partial charge >= 0.3 is 5.97 Å². The van der Waals surface area contributed by atoms with Crippen molar-refractivity contribution in [3.8, 4) is 0 Å². The molecule has 5 nitrogen and oxygen atoms in total. The molecule has 6 heteroatoms. The Kier molecular flexibility index (Phi) is 5.71. The molecule has 0 aliphatic rings. The summed E-state index contributed by atoms with van der Waals surface area (Å²) in [6.45, 7) is 5.97. The SMILES string of the molecule is CC(C)CCC(C)NS(=O)(=O)c1cccc(C(=O)O)c1. The molecular formula is C14H21NO4S. The quantitative estimate of drug-likeness (QED) is 0.810. The number of carbonyl (C=O) groups is 1. The predicted octanol–water partition coefficient (Wildman–Crippen LogP) is 2.49. The first-order valence-corrected chi connectivity index (χ1v) is 8.06. The molecule has 1 atom stereocenters. The number of hydrogen-bond donors (Lipinski definition) is 2. The lowest BCUT2D eigenvalue weighted by molar-refractivity contribution is 0.0696. The van der Waals surface area contributed by atoms with Crippen LogP contribution in [0.3, 0.4) is 0 Å². The van der Waals surface area contributed by atoms with Gasteiger partial charge in [-0.05, 0) is 43.9 Å². The fourth-order valence-electron chi connectivity index (χ4n) is 1.77. The maximum atomic E-state index is 12.2. The van der Waals surface area contributed by atoms with Crippen molar-refractivity contribution in [1.29, 1.82) is 0 Å². The van der Waals surface area contributed by atoms with Crippen LogP contribution in [0.4, 0.5) is 0 Å². The second kappa shape index (κ2) is 6.85. The van der Waals surface area contributed by atoms with Gasteiger partial charge in [-0.25, -0.2) is 17.9 Å². The fraction of sp³-hybridized carbons (Fsp3) is 0.500. The molecule has 1 aromatic carbocycles. The zero-order chi connectivity index (χ0) is 15.3. The Balaban J connectivity index is 2.83. The van der Waals surface area contributed by atoms with Crippen molar-refractivity contribution < 1.29 is 18.3 Å². The molecule has 1 unspecified atom stereocenters. The number of rotatable bonds is 7. The molecule has 0 heterocycles. The van der Waals surface area contributed by atoms with E-state index in [1.54, 1.807) is 6.92 Å². The molecule has 0 aromatic heterocycles. The first kappa shape index (κ1) is 16.7. The molecule has 1 aromatic rings. The van der Waals surface area contributed by atoms with Crippen molar-refractivity contribution in [2.45, 2.75) is 44.6 Å². The lowest BCUT2D eigenvalue weighted by Crippen LogP contribution is -2.32. The minimum Gasteiger partial charge on any atom is -0.478 e. The summed E-state index contributed by atoms with van der Waals surface area (Å²) in [6.07, 6.45) is 1.67. The normalized spacial score (nSPS) is 13.4. The van der Waals surface area contributed by atoms with Crippen LogP contribution < -0.4 is 4.72 Å². The van der Waals surface area contributed by atoms with Gasteiger partial charge in [0.2, 0.25) is 10.0 Å². The Morgan fingerprint density at radius 1 is 1.25 bits per heavy atom. The Bertz CT molecular complexity index is 566. The Morgan fingerprint density at radius 3 is 2.45 bits per heavy atom. The van der Waals surface area contributed by atoms with Crippen molar-refractivity contribution in [3.63, 3.8) is 0 Å². The molecule has 0 spiro atoms. The highest BCUT2D eigenvalue weighted by Gasteiger charge is 2.18. The summed E-state index contributed by atoms with van der Waals surface area (Å²) >= 11 is 0. The van der Waals surface area contributed by atoms with Gasteiger partial charge in [-0.1, -0.05) is 19.9 Å². The third-order valence-corrected chi connectivity index (χ3v) is 4.51. The topological polar surface area (TPSA) is 83.5 Å². The third kappa shape index (κ3) is 4.94. The van der Waals surface area contributed by atoms with Gasteiger partial charge in [0, 0.05) is 6.04 Å². The second-order valence-corrected chi connectivity index (χ2v) is 7.04. The van der Waals surface area contributed by atoms with E-state index in [9.17, 15) is 13.2 Å². The largest absolute Gasteiger partial charge is 0.478 e. The minimum absolute atomic E-state index is 0.0196. The maximum Gasteiger partial charge on any atom is 0.335 e. The predicted molar refractivity (Wildman–Crippen MR) is 77.3 cm³/mol. The van der Waals surface area contributed by atoms with Crippen molar-refractivity contribution in [2.75, 3.05) is 0 Å². The van der Waals surface area contributed by atoms with E-state index in [2.05, 4.69) is 18.6 Å². The van der Waals surface area contributed by atoms with E-state index in [-0.39, 0.29) is 16.5 Å². The molecule has 0 saturated heterocycles.